The number of benzene rings is 3. The molecule has 124 valence electrons. The van der Waals surface area contributed by atoms with E-state index in [2.05, 4.69) is 59.0 Å². The molecule has 0 bridgehead atoms. The summed E-state index contributed by atoms with van der Waals surface area (Å²) in [6, 6.07) is 22.6. The van der Waals surface area contributed by atoms with E-state index in [-0.39, 0.29) is 18.8 Å². The normalized spacial score (nSPS) is 13.7. The van der Waals surface area contributed by atoms with Gasteiger partial charge in [0.1, 0.15) is 0 Å². The number of nitrogens with one attached hydrogen (secondary N) is 2. The van der Waals surface area contributed by atoms with Gasteiger partial charge in [-0.3, -0.25) is 4.79 Å². The van der Waals surface area contributed by atoms with Crippen molar-refractivity contribution in [3.63, 3.8) is 0 Å². The van der Waals surface area contributed by atoms with Crippen molar-refractivity contribution in [3.8, 4) is 0 Å². The molecule has 0 aromatic heterocycles. The highest BCUT2D eigenvalue weighted by Crippen LogP contribution is 2.37. The van der Waals surface area contributed by atoms with Crippen LogP contribution in [0.25, 0.3) is 10.8 Å². The molecule has 0 spiro atoms. The van der Waals surface area contributed by atoms with Gasteiger partial charge in [0.25, 0.3) is 0 Å². The number of carbonyl (C=O) groups excluding carboxylic acids is 1. The number of hydrogen-bond donors (Lipinski definition) is 2. The van der Waals surface area contributed by atoms with Gasteiger partial charge in [0.05, 0.1) is 7.11 Å². The lowest BCUT2D eigenvalue weighted by atomic mass is 9.56. The molecule has 4 rings (SSSR count). The molecule has 0 radical (unpaired) electrons. The number of methoxy groups -OCH3 is 1. The second-order valence-electron chi connectivity index (χ2n) is 6.27. The molecule has 3 aromatic rings. The maximum atomic E-state index is 12.0. The van der Waals surface area contributed by atoms with Gasteiger partial charge in [-0.2, -0.15) is 0 Å². The van der Waals surface area contributed by atoms with Crippen molar-refractivity contribution in [3.05, 3.63) is 72.3 Å². The van der Waals surface area contributed by atoms with Crippen molar-refractivity contribution >= 4 is 35.1 Å². The number of hydrogen-bond acceptors (Lipinski definition) is 4. The summed E-state index contributed by atoms with van der Waals surface area (Å²) in [5.74, 6) is -0.258. The van der Waals surface area contributed by atoms with E-state index < -0.39 is 0 Å². The van der Waals surface area contributed by atoms with Gasteiger partial charge >= 0.3 is 13.0 Å². The Bertz CT molecular complexity index is 873. The quantitative estimate of drug-likeness (QED) is 0.560. The van der Waals surface area contributed by atoms with E-state index in [1.165, 1.54) is 17.9 Å². The number of rotatable bonds is 4. The van der Waals surface area contributed by atoms with Gasteiger partial charge in [-0.15, -0.1) is 0 Å². The largest absolute Gasteiger partial charge is 0.469 e. The molecular weight excluding hydrogens is 311 g/mol. The van der Waals surface area contributed by atoms with Gasteiger partial charge < -0.3 is 15.2 Å². The molecular formula is C20H19BN2O2. The zero-order chi connectivity index (χ0) is 17.2. The van der Waals surface area contributed by atoms with Gasteiger partial charge in [-0.25, -0.2) is 0 Å². The van der Waals surface area contributed by atoms with Crippen molar-refractivity contribution in [2.24, 2.45) is 0 Å². The van der Waals surface area contributed by atoms with E-state index in [0.717, 1.165) is 16.9 Å². The number of esters is 1. The third kappa shape index (κ3) is 2.93. The number of anilines is 2. The first-order valence-electron chi connectivity index (χ1n) is 8.43. The minimum atomic E-state index is -0.213. The Kier molecular flexibility index (Phi) is 4.06. The van der Waals surface area contributed by atoms with Crippen molar-refractivity contribution in [2.75, 3.05) is 17.6 Å². The lowest BCUT2D eigenvalue weighted by Crippen LogP contribution is -2.44. The predicted molar refractivity (Wildman–Crippen MR) is 103 cm³/mol. The number of carbonyl (C=O) groups is 1. The summed E-state index contributed by atoms with van der Waals surface area (Å²) < 4.78 is 4.93. The molecule has 0 saturated carbocycles. The SMILES string of the molecule is COC(=O)C[C@@H](B1Nc2cccc3cccc(c23)N1)c1ccccc1. The van der Waals surface area contributed by atoms with Crippen molar-refractivity contribution in [1.29, 1.82) is 0 Å². The molecule has 25 heavy (non-hydrogen) atoms. The molecule has 1 atom stereocenters. The Morgan fingerprint density at radius 2 is 1.60 bits per heavy atom. The fourth-order valence-electron chi connectivity index (χ4n) is 3.55. The Morgan fingerprint density at radius 1 is 0.960 bits per heavy atom. The van der Waals surface area contributed by atoms with Crippen LogP contribution in [0.5, 0.6) is 0 Å². The van der Waals surface area contributed by atoms with Crippen LogP contribution in [0.1, 0.15) is 17.8 Å². The highest BCUT2D eigenvalue weighted by molar-refractivity contribution is 6.69. The molecule has 1 aliphatic heterocycles. The van der Waals surface area contributed by atoms with Crippen LogP contribution in [-0.2, 0) is 9.53 Å². The van der Waals surface area contributed by atoms with Crippen LogP contribution in [0.15, 0.2) is 66.7 Å². The molecule has 2 N–H and O–H groups in total. The topological polar surface area (TPSA) is 50.4 Å². The van der Waals surface area contributed by atoms with E-state index in [1.807, 2.05) is 18.2 Å². The van der Waals surface area contributed by atoms with Crippen LogP contribution in [0, 0.1) is 0 Å². The van der Waals surface area contributed by atoms with E-state index >= 15 is 0 Å². The van der Waals surface area contributed by atoms with E-state index in [1.54, 1.807) is 0 Å². The monoisotopic (exact) mass is 330 g/mol. The van der Waals surface area contributed by atoms with E-state index in [0.29, 0.717) is 6.42 Å². The van der Waals surface area contributed by atoms with Crippen molar-refractivity contribution in [2.45, 2.75) is 12.2 Å². The van der Waals surface area contributed by atoms with E-state index in [9.17, 15) is 4.79 Å². The molecule has 4 nitrogen and oxygen atoms in total. The maximum Gasteiger partial charge on any atom is 0.378 e. The van der Waals surface area contributed by atoms with Gasteiger partial charge in [0.15, 0.2) is 0 Å². The lowest BCUT2D eigenvalue weighted by Gasteiger charge is -2.31. The van der Waals surface area contributed by atoms with Crippen molar-refractivity contribution in [1.82, 2.24) is 0 Å². The summed E-state index contributed by atoms with van der Waals surface area (Å²) in [5.41, 5.74) is 3.27. The average Bonchev–Trinajstić information content (AvgIpc) is 2.67. The fourth-order valence-corrected chi connectivity index (χ4v) is 3.55. The van der Waals surface area contributed by atoms with Gasteiger partial charge in [0.2, 0.25) is 0 Å². The van der Waals surface area contributed by atoms with Crippen LogP contribution >= 0.6 is 0 Å². The van der Waals surface area contributed by atoms with Crippen LogP contribution in [-0.4, -0.2) is 20.1 Å². The maximum absolute atomic E-state index is 12.0. The average molecular weight is 330 g/mol. The Hall–Kier alpha value is -2.95. The minimum Gasteiger partial charge on any atom is -0.469 e. The van der Waals surface area contributed by atoms with Gasteiger partial charge in [-0.05, 0) is 23.1 Å². The lowest BCUT2D eigenvalue weighted by molar-refractivity contribution is -0.140. The summed E-state index contributed by atoms with van der Waals surface area (Å²) in [5, 5.41) is 9.52. The zero-order valence-electron chi connectivity index (χ0n) is 14.0. The first-order chi connectivity index (χ1) is 12.3. The Labute approximate surface area is 147 Å². The van der Waals surface area contributed by atoms with Crippen molar-refractivity contribution < 1.29 is 9.53 Å². The summed E-state index contributed by atoms with van der Waals surface area (Å²) in [6.45, 7) is -0.0954. The minimum absolute atomic E-state index is 0.0442. The second-order valence-corrected chi connectivity index (χ2v) is 6.27. The smallest absolute Gasteiger partial charge is 0.378 e. The highest BCUT2D eigenvalue weighted by atomic mass is 16.5. The first-order valence-corrected chi connectivity index (χ1v) is 8.43. The summed E-state index contributed by atoms with van der Waals surface area (Å²) in [4.78, 5) is 12.0. The second kappa shape index (κ2) is 6.51. The van der Waals surface area contributed by atoms with Crippen LogP contribution in [0.2, 0.25) is 0 Å². The molecule has 0 unspecified atom stereocenters. The van der Waals surface area contributed by atoms with Gasteiger partial charge in [0, 0.05) is 29.0 Å². The molecule has 0 fully saturated rings. The third-order valence-electron chi connectivity index (χ3n) is 4.77. The molecule has 0 amide bonds. The van der Waals surface area contributed by atoms with Crippen LogP contribution in [0.4, 0.5) is 11.4 Å². The molecule has 1 heterocycles. The highest BCUT2D eigenvalue weighted by Gasteiger charge is 2.34. The Morgan fingerprint density at radius 3 is 2.20 bits per heavy atom. The van der Waals surface area contributed by atoms with Crippen LogP contribution in [0.3, 0.4) is 0 Å². The molecule has 0 aliphatic carbocycles. The standard InChI is InChI=1S/C20H19BN2O2/c1-25-19(24)13-16(14-7-3-2-4-8-14)21-22-17-11-5-9-15-10-6-12-18(23-21)20(15)17/h2-12,16,22-23H,13H2,1H3/t16-/m1/s1. The summed E-state index contributed by atoms with van der Waals surface area (Å²) in [6.07, 6.45) is 0.309. The van der Waals surface area contributed by atoms with Gasteiger partial charge in [-0.1, -0.05) is 54.6 Å². The van der Waals surface area contributed by atoms with Crippen LogP contribution < -0.4 is 10.5 Å². The molecule has 0 saturated heterocycles. The number of ether oxygens (including phenoxy) is 1. The molecule has 3 aromatic carbocycles. The van der Waals surface area contributed by atoms with E-state index in [4.69, 9.17) is 4.74 Å². The third-order valence-corrected chi connectivity index (χ3v) is 4.77. The summed E-state index contributed by atoms with van der Waals surface area (Å²) >= 11 is 0. The molecule has 1 aliphatic rings. The molecule has 5 heteroatoms. The fraction of sp³-hybridized carbons (Fsp3) is 0.150. The first kappa shape index (κ1) is 15.6. The zero-order valence-corrected chi connectivity index (χ0v) is 14.0. The predicted octanol–water partition coefficient (Wildman–Crippen LogP) is 4.05. The summed E-state index contributed by atoms with van der Waals surface area (Å²) in [7, 11) is 1.43. The Balaban J connectivity index is 1.73.